The maximum absolute atomic E-state index is 13.1. The fourth-order valence-corrected chi connectivity index (χ4v) is 3.87. The van der Waals surface area contributed by atoms with Crippen LogP contribution in [0.25, 0.3) is 17.1 Å². The Morgan fingerprint density at radius 3 is 2.40 bits per heavy atom. The Hall–Kier alpha value is -4.24. The third-order valence-corrected chi connectivity index (χ3v) is 5.62. The Balaban J connectivity index is 1.67. The maximum atomic E-state index is 13.1. The minimum absolute atomic E-state index is 0.0509. The maximum Gasteiger partial charge on any atom is 0.418 e. The third kappa shape index (κ3) is 4.45. The highest BCUT2D eigenvalue weighted by atomic mass is 19.4. The van der Waals surface area contributed by atoms with Gasteiger partial charge in [-0.05, 0) is 32.9 Å². The van der Waals surface area contributed by atoms with E-state index < -0.39 is 12.3 Å². The molecule has 0 amide bonds. The van der Waals surface area contributed by atoms with E-state index in [0.717, 1.165) is 16.8 Å². The van der Waals surface area contributed by atoms with Crippen LogP contribution in [0.15, 0.2) is 36.7 Å². The molecule has 35 heavy (non-hydrogen) atoms. The molecule has 3 aromatic heterocycles. The van der Waals surface area contributed by atoms with Crippen LogP contribution in [0, 0.1) is 32.1 Å². The summed E-state index contributed by atoms with van der Waals surface area (Å²) in [5.41, 5.74) is 2.81. The second-order valence-electron chi connectivity index (χ2n) is 7.96. The van der Waals surface area contributed by atoms with Gasteiger partial charge in [0.2, 0.25) is 0 Å². The van der Waals surface area contributed by atoms with Crippen LogP contribution in [-0.2, 0) is 7.05 Å². The van der Waals surface area contributed by atoms with Gasteiger partial charge in [-0.15, -0.1) is 0 Å². The number of nitrogens with one attached hydrogen (secondary N) is 1. The Morgan fingerprint density at radius 2 is 1.77 bits per heavy atom. The van der Waals surface area contributed by atoms with E-state index in [0.29, 0.717) is 17.2 Å². The summed E-state index contributed by atoms with van der Waals surface area (Å²) in [4.78, 5) is 8.35. The first-order chi connectivity index (χ1) is 16.5. The number of rotatable bonds is 5. The van der Waals surface area contributed by atoms with Crippen molar-refractivity contribution in [3.05, 3.63) is 64.7 Å². The summed E-state index contributed by atoms with van der Waals surface area (Å²) in [5, 5.41) is 30.7. The van der Waals surface area contributed by atoms with Crippen molar-refractivity contribution < 1.29 is 18.3 Å². The van der Waals surface area contributed by atoms with Crippen molar-refractivity contribution in [2.75, 3.05) is 5.32 Å². The number of halogens is 3. The lowest BCUT2D eigenvalue weighted by Gasteiger charge is -2.15. The second-order valence-corrected chi connectivity index (χ2v) is 7.96. The number of aryl methyl sites for hydroxylation is 2. The number of hydrogen-bond donors (Lipinski definition) is 2. The van der Waals surface area contributed by atoms with Crippen molar-refractivity contribution in [3.8, 4) is 23.1 Å². The van der Waals surface area contributed by atoms with E-state index >= 15 is 0 Å². The number of nitrogens with zero attached hydrogens (tertiary/aromatic N) is 7. The lowest BCUT2D eigenvalue weighted by atomic mass is 10.1. The van der Waals surface area contributed by atoms with Crippen LogP contribution in [-0.4, -0.2) is 40.8 Å². The molecule has 0 aliphatic heterocycles. The lowest BCUT2D eigenvalue weighted by molar-refractivity contribution is -0.207. The molecule has 0 aliphatic carbocycles. The molecule has 9 nitrogen and oxygen atoms in total. The van der Waals surface area contributed by atoms with Crippen LogP contribution >= 0.6 is 0 Å². The summed E-state index contributed by atoms with van der Waals surface area (Å²) in [6, 6.07) is 10.7. The third-order valence-electron chi connectivity index (χ3n) is 5.62. The van der Waals surface area contributed by atoms with Crippen LogP contribution in [0.3, 0.4) is 0 Å². The van der Waals surface area contributed by atoms with Crippen LogP contribution in [0.4, 0.5) is 24.8 Å². The van der Waals surface area contributed by atoms with Crippen LogP contribution in [0.2, 0.25) is 0 Å². The molecule has 0 spiro atoms. The van der Waals surface area contributed by atoms with Gasteiger partial charge in [0.05, 0.1) is 23.0 Å². The summed E-state index contributed by atoms with van der Waals surface area (Å²) < 4.78 is 42.2. The topological polar surface area (TPSA) is 117 Å². The monoisotopic (exact) mass is 482 g/mol. The van der Waals surface area contributed by atoms with Gasteiger partial charge >= 0.3 is 6.18 Å². The zero-order valence-electron chi connectivity index (χ0n) is 19.3. The van der Waals surface area contributed by atoms with Gasteiger partial charge < -0.3 is 10.4 Å². The average molecular weight is 482 g/mol. The summed E-state index contributed by atoms with van der Waals surface area (Å²) in [6.45, 7) is 4.73. The van der Waals surface area contributed by atoms with Crippen molar-refractivity contribution >= 4 is 11.6 Å². The van der Waals surface area contributed by atoms with Crippen molar-refractivity contribution in [2.45, 2.75) is 33.1 Å². The number of benzene rings is 1. The Bertz CT molecular complexity index is 1430. The number of alkyl halides is 3. The SMILES string of the molecule is Cc1nn(-c2cc(Nc3c(C)c(-c4ccc(C#N)cc4)nn3C)ncn2)c(C)c1C(O)C(F)(F)F. The molecule has 0 fully saturated rings. The number of hydrogen-bond acceptors (Lipinski definition) is 7. The molecule has 12 heteroatoms. The zero-order chi connectivity index (χ0) is 25.5. The average Bonchev–Trinajstić information content (AvgIpc) is 3.27. The van der Waals surface area contributed by atoms with Crippen molar-refractivity contribution in [2.24, 2.45) is 7.05 Å². The van der Waals surface area contributed by atoms with Crippen molar-refractivity contribution in [3.63, 3.8) is 0 Å². The standard InChI is InChI=1S/C23H21F3N8O/c1-12-20(16-7-5-15(10-27)6-8-16)32-33(4)22(12)30-17-9-18(29-11-28-17)34-14(3)19(13(2)31-34)21(35)23(24,25)26/h5-9,11,21,35H,1-4H3,(H,28,29,30). The van der Waals surface area contributed by atoms with E-state index in [9.17, 15) is 18.3 Å². The molecule has 2 N–H and O–H groups in total. The first-order valence-electron chi connectivity index (χ1n) is 10.5. The molecule has 4 aromatic rings. The smallest absolute Gasteiger partial charge is 0.379 e. The summed E-state index contributed by atoms with van der Waals surface area (Å²) in [6.07, 6.45) is -6.19. The second kappa shape index (κ2) is 8.84. The normalized spacial score (nSPS) is 12.4. The minimum atomic E-state index is -4.81. The van der Waals surface area contributed by atoms with E-state index in [4.69, 9.17) is 5.26 Å². The molecular weight excluding hydrogens is 461 g/mol. The molecule has 1 aromatic carbocycles. The highest BCUT2D eigenvalue weighted by Gasteiger charge is 2.42. The first kappa shape index (κ1) is 23.9. The van der Waals surface area contributed by atoms with Gasteiger partial charge in [-0.2, -0.15) is 28.6 Å². The van der Waals surface area contributed by atoms with E-state index in [2.05, 4.69) is 31.6 Å². The molecule has 0 aliphatic rings. The lowest BCUT2D eigenvalue weighted by Crippen LogP contribution is -2.21. The Kier molecular flexibility index (Phi) is 6.04. The molecule has 1 atom stereocenters. The zero-order valence-corrected chi connectivity index (χ0v) is 19.3. The van der Waals surface area contributed by atoms with Crippen LogP contribution in [0.5, 0.6) is 0 Å². The number of aliphatic hydroxyl groups is 1. The molecule has 3 heterocycles. The van der Waals surface area contributed by atoms with Gasteiger partial charge in [0.25, 0.3) is 0 Å². The molecule has 1 unspecified atom stereocenters. The van der Waals surface area contributed by atoms with E-state index in [1.54, 1.807) is 23.9 Å². The quantitative estimate of drug-likeness (QED) is 0.438. The largest absolute Gasteiger partial charge is 0.418 e. The van der Waals surface area contributed by atoms with E-state index in [1.165, 1.54) is 30.9 Å². The van der Waals surface area contributed by atoms with Crippen LogP contribution < -0.4 is 5.32 Å². The van der Waals surface area contributed by atoms with Gasteiger partial charge in [0.15, 0.2) is 11.9 Å². The summed E-state index contributed by atoms with van der Waals surface area (Å²) in [7, 11) is 1.76. The highest BCUT2D eigenvalue weighted by molar-refractivity contribution is 5.71. The number of nitriles is 1. The molecular formula is C23H21F3N8O. The molecule has 0 saturated heterocycles. The minimum Gasteiger partial charge on any atom is -0.379 e. The number of aliphatic hydroxyl groups excluding tert-OH is 1. The fraction of sp³-hybridized carbons (Fsp3) is 0.261. The Morgan fingerprint density at radius 1 is 1.09 bits per heavy atom. The predicted octanol–water partition coefficient (Wildman–Crippen LogP) is 4.20. The van der Waals surface area contributed by atoms with E-state index in [-0.39, 0.29) is 22.8 Å². The molecule has 180 valence electrons. The van der Waals surface area contributed by atoms with Crippen LogP contribution in [0.1, 0.15) is 34.2 Å². The van der Waals surface area contributed by atoms with Crippen molar-refractivity contribution in [1.82, 2.24) is 29.5 Å². The molecule has 0 saturated carbocycles. The number of aromatic nitrogens is 6. The fourth-order valence-electron chi connectivity index (χ4n) is 3.87. The molecule has 0 radical (unpaired) electrons. The van der Waals surface area contributed by atoms with Gasteiger partial charge in [-0.25, -0.2) is 14.6 Å². The van der Waals surface area contributed by atoms with E-state index in [1.807, 2.05) is 19.1 Å². The first-order valence-corrected chi connectivity index (χ1v) is 10.5. The number of anilines is 2. The molecule has 0 bridgehead atoms. The molecule has 4 rings (SSSR count). The Labute approximate surface area is 198 Å². The van der Waals surface area contributed by atoms with Gasteiger partial charge in [-0.3, -0.25) is 4.68 Å². The van der Waals surface area contributed by atoms with Gasteiger partial charge in [0.1, 0.15) is 18.0 Å². The summed E-state index contributed by atoms with van der Waals surface area (Å²) in [5.74, 6) is 1.25. The summed E-state index contributed by atoms with van der Waals surface area (Å²) >= 11 is 0. The highest BCUT2D eigenvalue weighted by Crippen LogP contribution is 2.36. The van der Waals surface area contributed by atoms with Crippen molar-refractivity contribution in [1.29, 1.82) is 5.26 Å². The van der Waals surface area contributed by atoms with Gasteiger partial charge in [-0.1, -0.05) is 12.1 Å². The predicted molar refractivity (Wildman–Crippen MR) is 121 cm³/mol. The van der Waals surface area contributed by atoms with Gasteiger partial charge in [0, 0.05) is 35.5 Å².